The lowest BCUT2D eigenvalue weighted by molar-refractivity contribution is -0.387. The van der Waals surface area contributed by atoms with Crippen molar-refractivity contribution in [3.63, 3.8) is 0 Å². The van der Waals surface area contributed by atoms with Crippen LogP contribution < -0.4 is 4.74 Å². The topological polar surface area (TPSA) is 78.2 Å². The number of rotatable bonds is 3. The minimum atomic E-state index is -1.22. The first-order valence-corrected chi connectivity index (χ1v) is 5.15. The average molecular weight is 288 g/mol. The summed E-state index contributed by atoms with van der Waals surface area (Å²) >= 11 is 5.49. The molecule has 2 rings (SSSR count). The highest BCUT2D eigenvalue weighted by Crippen LogP contribution is 2.29. The Morgan fingerprint density at radius 1 is 1.21 bits per heavy atom. The third kappa shape index (κ3) is 2.91. The van der Waals surface area contributed by atoms with Crippen molar-refractivity contribution in [1.82, 2.24) is 10.2 Å². The van der Waals surface area contributed by atoms with Crippen LogP contribution in [-0.2, 0) is 0 Å². The molecule has 0 N–H and O–H groups in total. The molecule has 0 unspecified atom stereocenters. The number of nitrogens with zero attached hydrogens (tertiary/aromatic N) is 3. The van der Waals surface area contributed by atoms with Crippen LogP contribution in [0, 0.1) is 21.7 Å². The number of benzene rings is 1. The molecule has 0 aliphatic rings. The fourth-order valence-corrected chi connectivity index (χ4v) is 1.31. The van der Waals surface area contributed by atoms with Gasteiger partial charge >= 0.3 is 5.69 Å². The van der Waals surface area contributed by atoms with Crippen LogP contribution in [0.4, 0.5) is 14.5 Å². The summed E-state index contributed by atoms with van der Waals surface area (Å²) in [6.07, 6.45) is 0. The van der Waals surface area contributed by atoms with E-state index in [2.05, 4.69) is 10.2 Å². The highest BCUT2D eigenvalue weighted by Gasteiger charge is 2.20. The van der Waals surface area contributed by atoms with Crippen molar-refractivity contribution in [2.45, 2.75) is 0 Å². The van der Waals surface area contributed by atoms with E-state index in [1.807, 2.05) is 0 Å². The van der Waals surface area contributed by atoms with Crippen molar-refractivity contribution >= 4 is 17.3 Å². The Morgan fingerprint density at radius 2 is 1.95 bits per heavy atom. The lowest BCUT2D eigenvalue weighted by Gasteiger charge is -2.05. The summed E-state index contributed by atoms with van der Waals surface area (Å²) in [6, 6.07) is 3.61. The molecule has 0 saturated heterocycles. The number of nitro benzene ring substituents is 1. The Hall–Kier alpha value is -2.35. The second kappa shape index (κ2) is 5.11. The minimum absolute atomic E-state index is 0.0997. The van der Waals surface area contributed by atoms with Crippen LogP contribution in [0.3, 0.4) is 0 Å². The van der Waals surface area contributed by atoms with Gasteiger partial charge in [-0.25, -0.2) is 4.39 Å². The third-order valence-corrected chi connectivity index (χ3v) is 2.22. The van der Waals surface area contributed by atoms with Crippen LogP contribution in [-0.4, -0.2) is 15.1 Å². The zero-order valence-corrected chi connectivity index (χ0v) is 9.77. The first-order valence-electron chi connectivity index (χ1n) is 4.78. The van der Waals surface area contributed by atoms with Gasteiger partial charge in [-0.3, -0.25) is 10.1 Å². The van der Waals surface area contributed by atoms with Gasteiger partial charge in [0.2, 0.25) is 11.7 Å². The van der Waals surface area contributed by atoms with E-state index in [-0.39, 0.29) is 11.0 Å². The Labute approximate surface area is 109 Å². The molecule has 1 aromatic carbocycles. The molecule has 6 nitrogen and oxygen atoms in total. The molecule has 0 bridgehead atoms. The second-order valence-electron chi connectivity index (χ2n) is 3.29. The Balaban J connectivity index is 2.33. The van der Waals surface area contributed by atoms with E-state index in [1.54, 1.807) is 0 Å². The molecule has 0 atom stereocenters. The molecule has 2 aromatic rings. The van der Waals surface area contributed by atoms with Gasteiger partial charge < -0.3 is 4.74 Å². The van der Waals surface area contributed by atoms with E-state index < -0.39 is 28.0 Å². The summed E-state index contributed by atoms with van der Waals surface area (Å²) in [5.41, 5.74) is -0.980. The smallest absolute Gasteiger partial charge is 0.307 e. The number of nitro groups is 1. The maximum atomic E-state index is 13.5. The normalized spacial score (nSPS) is 10.3. The summed E-state index contributed by atoms with van der Waals surface area (Å²) in [7, 11) is 0. The number of aromatic nitrogens is 2. The summed E-state index contributed by atoms with van der Waals surface area (Å²) < 4.78 is 31.7. The van der Waals surface area contributed by atoms with Crippen LogP contribution in [0.15, 0.2) is 24.3 Å². The SMILES string of the molecule is O=[N+]([O-])c1cc(F)c(Oc2ccc(Cl)nn2)cc1F. The molecule has 1 aromatic heterocycles. The quantitative estimate of drug-likeness (QED) is 0.640. The highest BCUT2D eigenvalue weighted by molar-refractivity contribution is 6.29. The molecule has 0 radical (unpaired) electrons. The summed E-state index contributed by atoms with van der Waals surface area (Å²) in [6.45, 7) is 0. The maximum Gasteiger partial charge on any atom is 0.307 e. The van der Waals surface area contributed by atoms with Crippen LogP contribution in [0.25, 0.3) is 0 Å². The number of halogens is 3. The van der Waals surface area contributed by atoms with Gasteiger partial charge in [-0.05, 0) is 6.07 Å². The van der Waals surface area contributed by atoms with Crippen molar-refractivity contribution in [3.8, 4) is 11.6 Å². The molecule has 0 spiro atoms. The van der Waals surface area contributed by atoms with E-state index in [0.29, 0.717) is 12.1 Å². The van der Waals surface area contributed by atoms with Gasteiger partial charge in [0.1, 0.15) is 0 Å². The Bertz CT molecular complexity index is 637. The van der Waals surface area contributed by atoms with Crippen molar-refractivity contribution in [3.05, 3.63) is 51.2 Å². The molecule has 0 aliphatic heterocycles. The van der Waals surface area contributed by atoms with Crippen molar-refractivity contribution < 1.29 is 18.4 Å². The Morgan fingerprint density at radius 3 is 2.53 bits per heavy atom. The number of hydrogen-bond donors (Lipinski definition) is 0. The van der Waals surface area contributed by atoms with E-state index in [9.17, 15) is 18.9 Å². The van der Waals surface area contributed by atoms with Gasteiger partial charge in [-0.15, -0.1) is 10.2 Å². The number of ether oxygens (including phenoxy) is 1. The largest absolute Gasteiger partial charge is 0.434 e. The molecule has 98 valence electrons. The molecule has 9 heteroatoms. The first kappa shape index (κ1) is 13.1. The molecular formula is C10H4ClF2N3O3. The van der Waals surface area contributed by atoms with E-state index in [4.69, 9.17) is 16.3 Å². The maximum absolute atomic E-state index is 13.5. The van der Waals surface area contributed by atoms with E-state index >= 15 is 0 Å². The van der Waals surface area contributed by atoms with Gasteiger partial charge in [0.15, 0.2) is 16.7 Å². The fraction of sp³-hybridized carbons (Fsp3) is 0. The predicted molar refractivity (Wildman–Crippen MR) is 60.1 cm³/mol. The van der Waals surface area contributed by atoms with Gasteiger partial charge in [0.25, 0.3) is 0 Å². The monoisotopic (exact) mass is 287 g/mol. The van der Waals surface area contributed by atoms with Crippen LogP contribution in [0.5, 0.6) is 11.6 Å². The summed E-state index contributed by atoms with van der Waals surface area (Å²) in [5.74, 6) is -2.98. The summed E-state index contributed by atoms with van der Waals surface area (Å²) in [4.78, 5) is 9.36. The van der Waals surface area contributed by atoms with Crippen LogP contribution in [0.2, 0.25) is 5.15 Å². The van der Waals surface area contributed by atoms with Crippen molar-refractivity contribution in [1.29, 1.82) is 0 Å². The van der Waals surface area contributed by atoms with Crippen molar-refractivity contribution in [2.24, 2.45) is 0 Å². The molecule has 19 heavy (non-hydrogen) atoms. The lowest BCUT2D eigenvalue weighted by Crippen LogP contribution is -1.97. The summed E-state index contributed by atoms with van der Waals surface area (Å²) in [5, 5.41) is 17.4. The Kier molecular flexibility index (Phi) is 3.52. The molecule has 0 fully saturated rings. The first-order chi connectivity index (χ1) is 8.97. The fourth-order valence-electron chi connectivity index (χ4n) is 1.21. The second-order valence-corrected chi connectivity index (χ2v) is 3.67. The molecule has 1 heterocycles. The van der Waals surface area contributed by atoms with E-state index in [1.165, 1.54) is 12.1 Å². The zero-order valence-electron chi connectivity index (χ0n) is 9.01. The van der Waals surface area contributed by atoms with Gasteiger partial charge in [0.05, 0.1) is 11.0 Å². The molecule has 0 aliphatic carbocycles. The third-order valence-electron chi connectivity index (χ3n) is 2.02. The van der Waals surface area contributed by atoms with Gasteiger partial charge in [-0.2, -0.15) is 4.39 Å². The van der Waals surface area contributed by atoms with Gasteiger partial charge in [-0.1, -0.05) is 11.6 Å². The minimum Gasteiger partial charge on any atom is -0.434 e. The number of hydrogen-bond acceptors (Lipinski definition) is 5. The van der Waals surface area contributed by atoms with Crippen LogP contribution >= 0.6 is 11.6 Å². The standard InChI is InChI=1S/C10H4ClF2N3O3/c11-9-1-2-10(15-14-9)19-8-4-5(12)7(16(17)18)3-6(8)13/h1-4H. The molecule has 0 amide bonds. The lowest BCUT2D eigenvalue weighted by atomic mass is 10.3. The highest BCUT2D eigenvalue weighted by atomic mass is 35.5. The van der Waals surface area contributed by atoms with E-state index in [0.717, 1.165) is 0 Å². The van der Waals surface area contributed by atoms with Crippen LogP contribution in [0.1, 0.15) is 0 Å². The zero-order chi connectivity index (χ0) is 14.0. The van der Waals surface area contributed by atoms with Gasteiger partial charge in [0, 0.05) is 12.1 Å². The van der Waals surface area contributed by atoms with Crippen molar-refractivity contribution in [2.75, 3.05) is 0 Å². The molecule has 0 saturated carbocycles. The average Bonchev–Trinajstić information content (AvgIpc) is 2.35. The predicted octanol–water partition coefficient (Wildman–Crippen LogP) is 3.11. The molecular weight excluding hydrogens is 284 g/mol.